The van der Waals surface area contributed by atoms with E-state index in [0.29, 0.717) is 5.71 Å². The number of ether oxygens (including phenoxy) is 1. The SMILES string of the molecule is O=C(Nc1ccnc(N=C(c2ccccc2)c2ccccc2)c1F)OCc1ccccc1. The summed E-state index contributed by atoms with van der Waals surface area (Å²) in [6.07, 6.45) is 0.628. The number of aromatic nitrogens is 1. The molecule has 0 aliphatic carbocycles. The highest BCUT2D eigenvalue weighted by molar-refractivity contribution is 6.13. The second kappa shape index (κ2) is 10.1. The summed E-state index contributed by atoms with van der Waals surface area (Å²) in [6.45, 7) is 0.0799. The number of anilines is 1. The Hall–Kier alpha value is -4.32. The summed E-state index contributed by atoms with van der Waals surface area (Å²) in [5, 5.41) is 2.43. The fourth-order valence-electron chi connectivity index (χ4n) is 3.07. The van der Waals surface area contributed by atoms with Crippen molar-refractivity contribution in [3.63, 3.8) is 0 Å². The van der Waals surface area contributed by atoms with E-state index in [4.69, 9.17) is 4.74 Å². The van der Waals surface area contributed by atoms with Crippen molar-refractivity contribution in [1.82, 2.24) is 4.98 Å². The Kier molecular flexibility index (Phi) is 6.63. The van der Waals surface area contributed by atoms with Crippen LogP contribution < -0.4 is 5.32 Å². The summed E-state index contributed by atoms with van der Waals surface area (Å²) in [7, 11) is 0. The molecule has 0 bridgehead atoms. The highest BCUT2D eigenvalue weighted by Gasteiger charge is 2.15. The van der Waals surface area contributed by atoms with Crippen molar-refractivity contribution < 1.29 is 13.9 Å². The number of rotatable bonds is 6. The monoisotopic (exact) mass is 425 g/mol. The first-order valence-corrected chi connectivity index (χ1v) is 10.0. The summed E-state index contributed by atoms with van der Waals surface area (Å²) in [4.78, 5) is 20.7. The predicted molar refractivity (Wildman–Crippen MR) is 123 cm³/mol. The Morgan fingerprint density at radius 2 is 1.41 bits per heavy atom. The third-order valence-corrected chi connectivity index (χ3v) is 4.63. The maximum absolute atomic E-state index is 15.1. The number of nitrogens with one attached hydrogen (secondary N) is 1. The zero-order valence-electron chi connectivity index (χ0n) is 17.1. The van der Waals surface area contributed by atoms with Crippen LogP contribution in [0.2, 0.25) is 0 Å². The van der Waals surface area contributed by atoms with Crippen molar-refractivity contribution in [2.45, 2.75) is 6.61 Å². The highest BCUT2D eigenvalue weighted by atomic mass is 19.1. The molecule has 0 fully saturated rings. The Morgan fingerprint density at radius 1 is 0.844 bits per heavy atom. The third kappa shape index (κ3) is 5.23. The largest absolute Gasteiger partial charge is 0.444 e. The van der Waals surface area contributed by atoms with Crippen molar-refractivity contribution in [2.75, 3.05) is 5.32 Å². The van der Waals surface area contributed by atoms with E-state index >= 15 is 4.39 Å². The van der Waals surface area contributed by atoms with Gasteiger partial charge >= 0.3 is 6.09 Å². The molecular formula is C26H20FN3O2. The van der Waals surface area contributed by atoms with E-state index in [1.165, 1.54) is 12.3 Å². The van der Waals surface area contributed by atoms with E-state index in [1.807, 2.05) is 91.0 Å². The van der Waals surface area contributed by atoms with Crippen LogP contribution in [0.1, 0.15) is 16.7 Å². The molecule has 6 heteroatoms. The Balaban J connectivity index is 1.59. The minimum Gasteiger partial charge on any atom is -0.444 e. The second-order valence-corrected chi connectivity index (χ2v) is 6.88. The van der Waals surface area contributed by atoms with Crippen LogP contribution in [-0.2, 0) is 11.3 Å². The normalized spacial score (nSPS) is 10.3. The minimum atomic E-state index is -0.764. The van der Waals surface area contributed by atoms with E-state index < -0.39 is 11.9 Å². The molecule has 0 spiro atoms. The number of benzene rings is 3. The van der Waals surface area contributed by atoms with Crippen LogP contribution in [0.4, 0.5) is 20.7 Å². The number of carbonyl (C=O) groups is 1. The summed E-state index contributed by atoms with van der Waals surface area (Å²) in [6, 6.07) is 29.5. The fourth-order valence-corrected chi connectivity index (χ4v) is 3.07. The number of pyridine rings is 1. The van der Waals surface area contributed by atoms with Gasteiger partial charge in [-0.3, -0.25) is 5.32 Å². The maximum Gasteiger partial charge on any atom is 0.412 e. The van der Waals surface area contributed by atoms with Gasteiger partial charge in [0.1, 0.15) is 6.61 Å². The van der Waals surface area contributed by atoms with Crippen LogP contribution in [0.25, 0.3) is 0 Å². The lowest BCUT2D eigenvalue weighted by atomic mass is 10.0. The van der Waals surface area contributed by atoms with Gasteiger partial charge in [0, 0.05) is 17.3 Å². The predicted octanol–water partition coefficient (Wildman–Crippen LogP) is 6.14. The number of hydrogen-bond acceptors (Lipinski definition) is 4. The Labute approximate surface area is 185 Å². The molecule has 0 atom stereocenters. The number of halogens is 1. The van der Waals surface area contributed by atoms with Crippen LogP contribution in [0.3, 0.4) is 0 Å². The van der Waals surface area contributed by atoms with Crippen molar-refractivity contribution in [3.8, 4) is 0 Å². The van der Waals surface area contributed by atoms with Gasteiger partial charge in [-0.25, -0.2) is 19.2 Å². The van der Waals surface area contributed by atoms with Gasteiger partial charge in [-0.1, -0.05) is 91.0 Å². The summed E-state index contributed by atoms with van der Waals surface area (Å²) in [5.74, 6) is -0.873. The van der Waals surface area contributed by atoms with Gasteiger partial charge in [0.25, 0.3) is 0 Å². The average Bonchev–Trinajstić information content (AvgIpc) is 2.85. The molecule has 0 aliphatic heterocycles. The van der Waals surface area contributed by atoms with Crippen LogP contribution in [0.5, 0.6) is 0 Å². The summed E-state index contributed by atoms with van der Waals surface area (Å²) >= 11 is 0. The van der Waals surface area contributed by atoms with Gasteiger partial charge in [-0.2, -0.15) is 0 Å². The lowest BCUT2D eigenvalue weighted by Gasteiger charge is -2.10. The maximum atomic E-state index is 15.1. The molecule has 0 saturated carbocycles. The van der Waals surface area contributed by atoms with Gasteiger partial charge < -0.3 is 4.74 Å². The van der Waals surface area contributed by atoms with Crippen molar-refractivity contribution in [3.05, 3.63) is 126 Å². The number of amides is 1. The van der Waals surface area contributed by atoms with Gasteiger partial charge in [-0.05, 0) is 11.6 Å². The number of nitrogens with zero attached hydrogens (tertiary/aromatic N) is 2. The van der Waals surface area contributed by atoms with E-state index in [2.05, 4.69) is 15.3 Å². The molecule has 4 aromatic rings. The molecule has 0 aliphatic rings. The number of carbonyl (C=O) groups excluding carboxylic acids is 1. The van der Waals surface area contributed by atoms with E-state index in [9.17, 15) is 4.79 Å². The summed E-state index contributed by atoms with van der Waals surface area (Å²) in [5.41, 5.74) is 2.98. The molecule has 0 radical (unpaired) electrons. The van der Waals surface area contributed by atoms with Crippen LogP contribution in [0, 0.1) is 5.82 Å². The first kappa shape index (κ1) is 20.9. The van der Waals surface area contributed by atoms with Crippen molar-refractivity contribution in [2.24, 2.45) is 4.99 Å². The molecule has 5 nitrogen and oxygen atoms in total. The zero-order valence-corrected chi connectivity index (χ0v) is 17.1. The number of hydrogen-bond donors (Lipinski definition) is 1. The van der Waals surface area contributed by atoms with Gasteiger partial charge in [0.05, 0.1) is 11.4 Å². The van der Waals surface area contributed by atoms with E-state index in [0.717, 1.165) is 16.7 Å². The molecule has 0 saturated heterocycles. The first-order valence-electron chi connectivity index (χ1n) is 10.0. The van der Waals surface area contributed by atoms with Crippen LogP contribution in [-0.4, -0.2) is 16.8 Å². The Morgan fingerprint density at radius 3 is 2.00 bits per heavy atom. The minimum absolute atomic E-state index is 0.0581. The molecule has 3 aromatic carbocycles. The highest BCUT2D eigenvalue weighted by Crippen LogP contribution is 2.25. The van der Waals surface area contributed by atoms with Gasteiger partial charge in [-0.15, -0.1) is 0 Å². The Bertz CT molecular complexity index is 1170. The first-order chi connectivity index (χ1) is 15.7. The van der Waals surface area contributed by atoms with Gasteiger partial charge in [0.2, 0.25) is 0 Å². The molecule has 158 valence electrons. The van der Waals surface area contributed by atoms with Crippen LogP contribution >= 0.6 is 0 Å². The van der Waals surface area contributed by atoms with E-state index in [-0.39, 0.29) is 18.1 Å². The molecule has 4 rings (SSSR count). The third-order valence-electron chi connectivity index (χ3n) is 4.63. The lowest BCUT2D eigenvalue weighted by molar-refractivity contribution is 0.155. The quantitative estimate of drug-likeness (QED) is 0.378. The smallest absolute Gasteiger partial charge is 0.412 e. The second-order valence-electron chi connectivity index (χ2n) is 6.88. The average molecular weight is 425 g/mol. The lowest BCUT2D eigenvalue weighted by Crippen LogP contribution is -2.14. The molecule has 1 aromatic heterocycles. The van der Waals surface area contributed by atoms with Crippen molar-refractivity contribution in [1.29, 1.82) is 0 Å². The molecule has 1 N–H and O–H groups in total. The number of aliphatic imine (C=N–C) groups is 1. The molecule has 0 unspecified atom stereocenters. The fraction of sp³-hybridized carbons (Fsp3) is 0.0385. The van der Waals surface area contributed by atoms with Gasteiger partial charge in [0.15, 0.2) is 11.6 Å². The van der Waals surface area contributed by atoms with Crippen LogP contribution in [0.15, 0.2) is 108 Å². The summed E-state index contributed by atoms with van der Waals surface area (Å²) < 4.78 is 20.3. The standard InChI is InChI=1S/C26H20FN3O2/c27-23-22(29-26(31)32-18-19-10-4-1-5-11-19)16-17-28-25(23)30-24(20-12-6-2-7-13-20)21-14-8-3-9-15-21/h1-17H,18H2,(H,28,29,31). The molecule has 32 heavy (non-hydrogen) atoms. The zero-order chi connectivity index (χ0) is 22.2. The molecule has 1 amide bonds. The van der Waals surface area contributed by atoms with E-state index in [1.54, 1.807) is 0 Å². The molecular weight excluding hydrogens is 405 g/mol. The van der Waals surface area contributed by atoms with Crippen molar-refractivity contribution >= 4 is 23.3 Å². The molecule has 1 heterocycles. The topological polar surface area (TPSA) is 63.6 Å².